The first-order valence-corrected chi connectivity index (χ1v) is 6.32. The number of carbonyl (C=O) groups excluding carboxylic acids is 1. The van der Waals surface area contributed by atoms with Crippen molar-refractivity contribution in [3.8, 4) is 0 Å². The van der Waals surface area contributed by atoms with E-state index in [0.29, 0.717) is 5.56 Å². The predicted molar refractivity (Wildman–Crippen MR) is 77.4 cm³/mol. The molecule has 0 amide bonds. The second-order valence-corrected chi connectivity index (χ2v) is 5.82. The summed E-state index contributed by atoms with van der Waals surface area (Å²) in [4.78, 5) is 14.6. The number of azide groups is 1. The van der Waals surface area contributed by atoms with Gasteiger partial charge in [-0.25, -0.2) is 0 Å². The monoisotopic (exact) mass is 300 g/mol. The smallest absolute Gasteiger partial charge is 0.176 e. The molecule has 19 heavy (non-hydrogen) atoms. The Hall–Kier alpha value is -1.26. The number of carbonyl (C=O) groups is 1. The number of hydrogen-bond acceptors (Lipinski definition) is 3. The molecule has 0 fully saturated rings. The van der Waals surface area contributed by atoms with Gasteiger partial charge in [0.25, 0.3) is 0 Å². The zero-order valence-electron chi connectivity index (χ0n) is 10.9. The number of nitrogens with zero attached hydrogens (tertiary/aromatic N) is 3. The third kappa shape index (κ3) is 4.73. The van der Waals surface area contributed by atoms with Crippen molar-refractivity contribution < 1.29 is 4.79 Å². The van der Waals surface area contributed by atoms with Crippen LogP contribution in [-0.4, -0.2) is 17.9 Å². The Morgan fingerprint density at radius 1 is 1.37 bits per heavy atom. The fourth-order valence-electron chi connectivity index (χ4n) is 1.31. The van der Waals surface area contributed by atoms with E-state index in [1.807, 2.05) is 20.8 Å². The minimum atomic E-state index is -0.158. The summed E-state index contributed by atoms with van der Waals surface area (Å²) in [5.74, 6) is -0.133. The third-order valence-electron chi connectivity index (χ3n) is 2.26. The topological polar surface area (TPSA) is 77.9 Å². The van der Waals surface area contributed by atoms with Crippen molar-refractivity contribution in [2.75, 3.05) is 6.54 Å². The number of nitrogens with one attached hydrogen (secondary N) is 1. The van der Waals surface area contributed by atoms with Gasteiger partial charge >= 0.3 is 0 Å². The van der Waals surface area contributed by atoms with Crippen molar-refractivity contribution in [3.63, 3.8) is 0 Å². The predicted octanol–water partition coefficient (Wildman–Crippen LogP) is 4.51. The number of halogens is 2. The van der Waals surface area contributed by atoms with Crippen molar-refractivity contribution in [1.82, 2.24) is 5.32 Å². The van der Waals surface area contributed by atoms with Crippen LogP contribution in [0.3, 0.4) is 0 Å². The first-order valence-electron chi connectivity index (χ1n) is 5.57. The Morgan fingerprint density at radius 2 is 1.89 bits per heavy atom. The molecule has 1 N–H and O–H groups in total. The molecule has 0 saturated heterocycles. The number of Topliss-reactive ketones (excluding diaryl/α,β-unsaturated/α-hetero) is 1. The standard InChI is InChI=1S/C12H14Cl2N4O/c1-12(2,3)16-6-10(19)7-4-8(13)11(17-18-15)9(14)5-7/h4-5,16H,6H2,1-3H3. The van der Waals surface area contributed by atoms with E-state index in [1.54, 1.807) is 0 Å². The summed E-state index contributed by atoms with van der Waals surface area (Å²) in [7, 11) is 0. The number of ketones is 1. The fraction of sp³-hybridized carbons (Fsp3) is 0.417. The molecular weight excluding hydrogens is 287 g/mol. The van der Waals surface area contributed by atoms with Gasteiger partial charge in [0.1, 0.15) is 0 Å². The molecule has 1 aromatic carbocycles. The molecule has 0 spiro atoms. The number of benzene rings is 1. The molecule has 0 aliphatic heterocycles. The molecule has 102 valence electrons. The summed E-state index contributed by atoms with van der Waals surface area (Å²) in [5, 5.41) is 6.78. The first kappa shape index (κ1) is 15.8. The van der Waals surface area contributed by atoms with Gasteiger partial charge < -0.3 is 5.32 Å². The molecule has 0 unspecified atom stereocenters. The van der Waals surface area contributed by atoms with E-state index in [4.69, 9.17) is 28.7 Å². The zero-order valence-corrected chi connectivity index (χ0v) is 12.4. The second-order valence-electron chi connectivity index (χ2n) is 5.00. The molecule has 0 bridgehead atoms. The van der Waals surface area contributed by atoms with Crippen molar-refractivity contribution in [3.05, 3.63) is 38.2 Å². The van der Waals surface area contributed by atoms with Crippen molar-refractivity contribution in [2.24, 2.45) is 5.11 Å². The molecule has 0 saturated carbocycles. The van der Waals surface area contributed by atoms with Crippen LogP contribution < -0.4 is 5.32 Å². The summed E-state index contributed by atoms with van der Waals surface area (Å²) >= 11 is 11.9. The Balaban J connectivity index is 2.97. The Bertz CT molecular complexity index is 522. The number of hydrogen-bond donors (Lipinski definition) is 1. The van der Waals surface area contributed by atoms with E-state index in [2.05, 4.69) is 15.3 Å². The van der Waals surface area contributed by atoms with E-state index in [-0.39, 0.29) is 33.6 Å². The molecule has 5 nitrogen and oxygen atoms in total. The van der Waals surface area contributed by atoms with Gasteiger partial charge in [0.15, 0.2) is 5.78 Å². The van der Waals surface area contributed by atoms with Crippen LogP contribution in [0.15, 0.2) is 17.2 Å². The van der Waals surface area contributed by atoms with Crippen LogP contribution in [0, 0.1) is 0 Å². The van der Waals surface area contributed by atoms with Crippen LogP contribution in [0.5, 0.6) is 0 Å². The van der Waals surface area contributed by atoms with E-state index >= 15 is 0 Å². The lowest BCUT2D eigenvalue weighted by molar-refractivity contribution is 0.0982. The van der Waals surface area contributed by atoms with Gasteiger partial charge in [0.2, 0.25) is 0 Å². The molecule has 0 radical (unpaired) electrons. The van der Waals surface area contributed by atoms with Gasteiger partial charge in [0.05, 0.1) is 22.3 Å². The van der Waals surface area contributed by atoms with Crippen molar-refractivity contribution in [2.45, 2.75) is 26.3 Å². The van der Waals surface area contributed by atoms with Gasteiger partial charge in [-0.05, 0) is 38.4 Å². The van der Waals surface area contributed by atoms with E-state index in [0.717, 1.165) is 0 Å². The molecule has 0 aliphatic rings. The van der Waals surface area contributed by atoms with Crippen LogP contribution >= 0.6 is 23.2 Å². The molecular formula is C12H14Cl2N4O. The van der Waals surface area contributed by atoms with Gasteiger partial charge in [-0.3, -0.25) is 4.79 Å². The molecule has 0 atom stereocenters. The summed E-state index contributed by atoms with van der Waals surface area (Å²) in [6.07, 6.45) is 0. The fourth-order valence-corrected chi connectivity index (χ4v) is 1.88. The van der Waals surface area contributed by atoms with Crippen molar-refractivity contribution >= 4 is 34.7 Å². The molecule has 1 aromatic rings. The highest BCUT2D eigenvalue weighted by atomic mass is 35.5. The molecule has 1 rings (SSSR count). The maximum Gasteiger partial charge on any atom is 0.176 e. The quantitative estimate of drug-likeness (QED) is 0.384. The molecule has 0 aromatic heterocycles. The van der Waals surface area contributed by atoms with Crippen LogP contribution in [0.25, 0.3) is 10.4 Å². The normalized spacial score (nSPS) is 11.0. The van der Waals surface area contributed by atoms with E-state index in [1.165, 1.54) is 12.1 Å². The Labute approximate surface area is 121 Å². The largest absolute Gasteiger partial charge is 0.305 e. The van der Waals surface area contributed by atoms with Gasteiger partial charge in [0, 0.05) is 16.0 Å². The lowest BCUT2D eigenvalue weighted by atomic mass is 10.1. The summed E-state index contributed by atoms with van der Waals surface area (Å²) in [5.41, 5.74) is 8.74. The van der Waals surface area contributed by atoms with Gasteiger partial charge in [-0.15, -0.1) is 0 Å². The SMILES string of the molecule is CC(C)(C)NCC(=O)c1cc(Cl)c(N=[N+]=[N-])c(Cl)c1. The number of rotatable bonds is 4. The summed E-state index contributed by atoms with van der Waals surface area (Å²) in [6, 6.07) is 2.90. The summed E-state index contributed by atoms with van der Waals surface area (Å²) < 4.78 is 0. The molecule has 0 aliphatic carbocycles. The summed E-state index contributed by atoms with van der Waals surface area (Å²) in [6.45, 7) is 6.07. The lowest BCUT2D eigenvalue weighted by Crippen LogP contribution is -2.39. The van der Waals surface area contributed by atoms with Gasteiger partial charge in [-0.2, -0.15) is 0 Å². The maximum absolute atomic E-state index is 12.0. The molecule has 0 heterocycles. The minimum absolute atomic E-state index is 0.131. The highest BCUT2D eigenvalue weighted by molar-refractivity contribution is 6.39. The third-order valence-corrected chi connectivity index (χ3v) is 2.84. The Kier molecular flexibility index (Phi) is 5.20. The van der Waals surface area contributed by atoms with Crippen LogP contribution in [0.4, 0.5) is 5.69 Å². The second kappa shape index (κ2) is 6.26. The lowest BCUT2D eigenvalue weighted by Gasteiger charge is -2.19. The Morgan fingerprint density at radius 3 is 2.32 bits per heavy atom. The highest BCUT2D eigenvalue weighted by Crippen LogP contribution is 2.34. The van der Waals surface area contributed by atoms with Gasteiger partial charge in [-0.1, -0.05) is 28.3 Å². The zero-order chi connectivity index (χ0) is 14.6. The maximum atomic E-state index is 12.0. The first-order chi connectivity index (χ1) is 8.74. The average Bonchev–Trinajstić information content (AvgIpc) is 2.29. The minimum Gasteiger partial charge on any atom is -0.305 e. The molecule has 7 heteroatoms. The highest BCUT2D eigenvalue weighted by Gasteiger charge is 2.15. The van der Waals surface area contributed by atoms with Crippen molar-refractivity contribution in [1.29, 1.82) is 0 Å². The van der Waals surface area contributed by atoms with Crippen LogP contribution in [0.2, 0.25) is 10.0 Å². The van der Waals surface area contributed by atoms with E-state index in [9.17, 15) is 4.79 Å². The average molecular weight is 301 g/mol. The van der Waals surface area contributed by atoms with Crippen LogP contribution in [-0.2, 0) is 0 Å². The van der Waals surface area contributed by atoms with E-state index < -0.39 is 0 Å². The van der Waals surface area contributed by atoms with Crippen LogP contribution in [0.1, 0.15) is 31.1 Å².